The molecular formula is C17H29N3O. The number of unbranched alkanes of at least 4 members (excludes halogenated alkanes) is 1. The largest absolute Gasteiger partial charge is 0.399 e. The van der Waals surface area contributed by atoms with Crippen LogP contribution in [0.25, 0.3) is 0 Å². The van der Waals surface area contributed by atoms with Crippen molar-refractivity contribution in [3.05, 3.63) is 23.8 Å². The summed E-state index contributed by atoms with van der Waals surface area (Å²) in [6, 6.07) is 5.40. The maximum atomic E-state index is 12.1. The van der Waals surface area contributed by atoms with Gasteiger partial charge in [0.2, 0.25) is 0 Å². The Kier molecular flexibility index (Phi) is 7.65. The number of benzene rings is 1. The number of rotatable bonds is 9. The molecule has 4 nitrogen and oxygen atoms in total. The van der Waals surface area contributed by atoms with Crippen LogP contribution >= 0.6 is 0 Å². The van der Waals surface area contributed by atoms with Crippen LogP contribution in [0.1, 0.15) is 56.8 Å². The summed E-state index contributed by atoms with van der Waals surface area (Å²) in [7, 11) is 0. The first-order valence-electron chi connectivity index (χ1n) is 8.03. The highest BCUT2D eigenvalue weighted by Gasteiger charge is 2.12. The summed E-state index contributed by atoms with van der Waals surface area (Å²) >= 11 is 0. The number of carbonyl (C=O) groups excluding carboxylic acids is 1. The molecule has 4 heteroatoms. The first-order valence-corrected chi connectivity index (χ1v) is 8.03. The molecule has 0 aliphatic carbocycles. The van der Waals surface area contributed by atoms with E-state index in [1.54, 1.807) is 12.1 Å². The molecule has 0 aliphatic rings. The average molecular weight is 291 g/mol. The van der Waals surface area contributed by atoms with Gasteiger partial charge in [-0.2, -0.15) is 0 Å². The van der Waals surface area contributed by atoms with E-state index in [4.69, 9.17) is 5.73 Å². The van der Waals surface area contributed by atoms with E-state index in [2.05, 4.69) is 24.5 Å². The molecule has 1 aromatic carbocycles. The standard InChI is InChI=1S/C17H29N3O/c1-4-7-8-13(5-2)12-20-16-11-14(18)9-10-15(16)17(21)19-6-3/h9-11,13,20H,4-8,12,18H2,1-3H3,(H,19,21). The summed E-state index contributed by atoms with van der Waals surface area (Å²) < 4.78 is 0. The second-order valence-electron chi connectivity index (χ2n) is 5.46. The molecule has 0 radical (unpaired) electrons. The van der Waals surface area contributed by atoms with Crippen LogP contribution in [0.4, 0.5) is 11.4 Å². The van der Waals surface area contributed by atoms with Gasteiger partial charge in [0.05, 0.1) is 5.56 Å². The lowest BCUT2D eigenvalue weighted by molar-refractivity contribution is 0.0956. The molecule has 0 spiro atoms. The summed E-state index contributed by atoms with van der Waals surface area (Å²) in [5.41, 5.74) is 8.02. The van der Waals surface area contributed by atoms with Crippen LogP contribution in [-0.4, -0.2) is 19.0 Å². The summed E-state index contributed by atoms with van der Waals surface area (Å²) in [6.07, 6.45) is 4.84. The number of nitrogen functional groups attached to an aromatic ring is 1. The van der Waals surface area contributed by atoms with E-state index in [0.29, 0.717) is 23.7 Å². The van der Waals surface area contributed by atoms with E-state index >= 15 is 0 Å². The molecule has 4 N–H and O–H groups in total. The Morgan fingerprint density at radius 1 is 1.29 bits per heavy atom. The van der Waals surface area contributed by atoms with Crippen molar-refractivity contribution in [2.45, 2.75) is 46.5 Å². The first-order chi connectivity index (χ1) is 10.1. The van der Waals surface area contributed by atoms with Crippen molar-refractivity contribution in [1.29, 1.82) is 0 Å². The minimum Gasteiger partial charge on any atom is -0.399 e. The van der Waals surface area contributed by atoms with Gasteiger partial charge in [0.25, 0.3) is 5.91 Å². The molecule has 0 bridgehead atoms. The third-order valence-electron chi connectivity index (χ3n) is 3.75. The minimum absolute atomic E-state index is 0.0541. The van der Waals surface area contributed by atoms with E-state index in [1.165, 1.54) is 19.3 Å². The smallest absolute Gasteiger partial charge is 0.253 e. The van der Waals surface area contributed by atoms with Gasteiger partial charge in [-0.05, 0) is 37.5 Å². The van der Waals surface area contributed by atoms with Crippen LogP contribution in [0.15, 0.2) is 18.2 Å². The lowest BCUT2D eigenvalue weighted by Gasteiger charge is -2.18. The Bertz CT molecular complexity index is 446. The number of nitrogens with one attached hydrogen (secondary N) is 2. The van der Waals surface area contributed by atoms with Crippen molar-refractivity contribution < 1.29 is 4.79 Å². The van der Waals surface area contributed by atoms with Crippen molar-refractivity contribution in [2.24, 2.45) is 5.92 Å². The van der Waals surface area contributed by atoms with E-state index in [1.807, 2.05) is 13.0 Å². The number of amides is 1. The van der Waals surface area contributed by atoms with Crippen LogP contribution in [0, 0.1) is 5.92 Å². The molecule has 21 heavy (non-hydrogen) atoms. The summed E-state index contributed by atoms with van der Waals surface area (Å²) in [5, 5.41) is 6.25. The van der Waals surface area contributed by atoms with E-state index in [0.717, 1.165) is 18.7 Å². The van der Waals surface area contributed by atoms with Crippen molar-refractivity contribution in [2.75, 3.05) is 24.1 Å². The number of nitrogens with two attached hydrogens (primary N) is 1. The van der Waals surface area contributed by atoms with Crippen molar-refractivity contribution in [3.63, 3.8) is 0 Å². The molecule has 1 rings (SSSR count). The first kappa shape index (κ1) is 17.3. The predicted octanol–water partition coefficient (Wildman–Crippen LogP) is 3.65. The van der Waals surface area contributed by atoms with Gasteiger partial charge in [-0.3, -0.25) is 4.79 Å². The molecule has 0 aliphatic heterocycles. The van der Waals surface area contributed by atoms with Gasteiger partial charge in [-0.15, -0.1) is 0 Å². The van der Waals surface area contributed by atoms with Crippen LogP contribution < -0.4 is 16.4 Å². The predicted molar refractivity (Wildman–Crippen MR) is 90.7 cm³/mol. The fourth-order valence-electron chi connectivity index (χ4n) is 2.36. The second-order valence-corrected chi connectivity index (χ2v) is 5.46. The lowest BCUT2D eigenvalue weighted by Crippen LogP contribution is -2.24. The number of hydrogen-bond acceptors (Lipinski definition) is 3. The van der Waals surface area contributed by atoms with Gasteiger partial charge >= 0.3 is 0 Å². The molecule has 0 aromatic heterocycles. The molecule has 1 aromatic rings. The zero-order chi connectivity index (χ0) is 15.7. The quantitative estimate of drug-likeness (QED) is 0.608. The van der Waals surface area contributed by atoms with Gasteiger partial charge in [0.15, 0.2) is 0 Å². The highest BCUT2D eigenvalue weighted by atomic mass is 16.1. The number of hydrogen-bond donors (Lipinski definition) is 3. The molecule has 0 saturated heterocycles. The Balaban J connectivity index is 2.76. The molecule has 1 atom stereocenters. The van der Waals surface area contributed by atoms with Crippen LogP contribution in [-0.2, 0) is 0 Å². The van der Waals surface area contributed by atoms with E-state index in [9.17, 15) is 4.79 Å². The van der Waals surface area contributed by atoms with Crippen LogP contribution in [0.2, 0.25) is 0 Å². The molecule has 0 heterocycles. The number of anilines is 2. The number of carbonyl (C=O) groups is 1. The van der Waals surface area contributed by atoms with E-state index in [-0.39, 0.29) is 5.91 Å². The molecule has 0 fully saturated rings. The third-order valence-corrected chi connectivity index (χ3v) is 3.75. The summed E-state index contributed by atoms with van der Waals surface area (Å²) in [5.74, 6) is 0.579. The normalized spacial score (nSPS) is 12.0. The van der Waals surface area contributed by atoms with Gasteiger partial charge in [-0.1, -0.05) is 33.1 Å². The summed E-state index contributed by atoms with van der Waals surface area (Å²) in [6.45, 7) is 7.85. The highest BCUT2D eigenvalue weighted by Crippen LogP contribution is 2.21. The van der Waals surface area contributed by atoms with Gasteiger partial charge < -0.3 is 16.4 Å². The van der Waals surface area contributed by atoms with Crippen LogP contribution in [0.3, 0.4) is 0 Å². The fourth-order valence-corrected chi connectivity index (χ4v) is 2.36. The van der Waals surface area contributed by atoms with Crippen LogP contribution in [0.5, 0.6) is 0 Å². The molecular weight excluding hydrogens is 262 g/mol. The fraction of sp³-hybridized carbons (Fsp3) is 0.588. The SMILES string of the molecule is CCCCC(CC)CNc1cc(N)ccc1C(=O)NCC. The van der Waals surface area contributed by atoms with E-state index < -0.39 is 0 Å². The molecule has 1 unspecified atom stereocenters. The lowest BCUT2D eigenvalue weighted by atomic mass is 9.99. The maximum absolute atomic E-state index is 12.1. The highest BCUT2D eigenvalue weighted by molar-refractivity contribution is 6.00. The van der Waals surface area contributed by atoms with Crippen molar-refractivity contribution >= 4 is 17.3 Å². The third kappa shape index (κ3) is 5.66. The molecule has 0 saturated carbocycles. The van der Waals surface area contributed by atoms with Gasteiger partial charge in [0.1, 0.15) is 0 Å². The van der Waals surface area contributed by atoms with Gasteiger partial charge in [-0.25, -0.2) is 0 Å². The molecule has 1 amide bonds. The Hall–Kier alpha value is -1.71. The molecule has 118 valence electrons. The zero-order valence-corrected chi connectivity index (χ0v) is 13.5. The van der Waals surface area contributed by atoms with Crippen molar-refractivity contribution in [1.82, 2.24) is 5.32 Å². The monoisotopic (exact) mass is 291 g/mol. The second kappa shape index (κ2) is 9.27. The Morgan fingerprint density at radius 2 is 2.05 bits per heavy atom. The average Bonchev–Trinajstić information content (AvgIpc) is 2.47. The van der Waals surface area contributed by atoms with Crippen molar-refractivity contribution in [3.8, 4) is 0 Å². The Labute approximate surface area is 128 Å². The minimum atomic E-state index is -0.0541. The van der Waals surface area contributed by atoms with Gasteiger partial charge in [0, 0.05) is 24.5 Å². The Morgan fingerprint density at radius 3 is 2.67 bits per heavy atom. The topological polar surface area (TPSA) is 67.1 Å². The zero-order valence-electron chi connectivity index (χ0n) is 13.5. The maximum Gasteiger partial charge on any atom is 0.253 e. The summed E-state index contributed by atoms with van der Waals surface area (Å²) in [4.78, 5) is 12.1.